The van der Waals surface area contributed by atoms with Gasteiger partial charge in [0.25, 0.3) is 0 Å². The van der Waals surface area contributed by atoms with E-state index in [4.69, 9.17) is 10.5 Å². The lowest BCUT2D eigenvalue weighted by molar-refractivity contribution is -0.126. The summed E-state index contributed by atoms with van der Waals surface area (Å²) in [7, 11) is 0. The molecule has 0 bridgehead atoms. The van der Waals surface area contributed by atoms with Gasteiger partial charge in [0.05, 0.1) is 12.0 Å². The van der Waals surface area contributed by atoms with Crippen molar-refractivity contribution in [3.05, 3.63) is 35.9 Å². The number of carbonyl (C=O) groups excluding carboxylic acids is 1. The highest BCUT2D eigenvalue weighted by atomic mass is 16.5. The van der Waals surface area contributed by atoms with Crippen LogP contribution in [-0.2, 0) is 9.53 Å². The maximum atomic E-state index is 12.4. The van der Waals surface area contributed by atoms with E-state index < -0.39 is 0 Å². The lowest BCUT2D eigenvalue weighted by atomic mass is 9.87. The molecule has 1 heterocycles. The Morgan fingerprint density at radius 1 is 1.30 bits per heavy atom. The van der Waals surface area contributed by atoms with E-state index in [0.717, 1.165) is 25.0 Å². The number of nitrogens with one attached hydrogen (secondary N) is 1. The Morgan fingerprint density at radius 3 is 2.65 bits per heavy atom. The molecule has 1 amide bonds. The molecule has 0 radical (unpaired) electrons. The predicted molar refractivity (Wildman–Crippen MR) is 92.8 cm³/mol. The minimum atomic E-state index is -0.278. The Bertz CT molecular complexity index is 489. The molecule has 1 aromatic carbocycles. The molecule has 0 spiro atoms. The maximum Gasteiger partial charge on any atom is 0.224 e. The Hall–Kier alpha value is -1.39. The van der Waals surface area contributed by atoms with Gasteiger partial charge in [-0.2, -0.15) is 0 Å². The number of amides is 1. The third kappa shape index (κ3) is 4.79. The largest absolute Gasteiger partial charge is 0.378 e. The highest BCUT2D eigenvalue weighted by molar-refractivity contribution is 5.79. The van der Waals surface area contributed by atoms with E-state index in [1.807, 2.05) is 37.3 Å². The number of carbonyl (C=O) groups is 1. The smallest absolute Gasteiger partial charge is 0.224 e. The van der Waals surface area contributed by atoms with Gasteiger partial charge in [0, 0.05) is 25.1 Å². The molecule has 4 nitrogen and oxygen atoms in total. The van der Waals surface area contributed by atoms with Gasteiger partial charge in [-0.3, -0.25) is 4.79 Å². The molecule has 1 saturated heterocycles. The summed E-state index contributed by atoms with van der Waals surface area (Å²) >= 11 is 0. The molecule has 1 aliphatic heterocycles. The summed E-state index contributed by atoms with van der Waals surface area (Å²) in [6.07, 6.45) is 2.42. The van der Waals surface area contributed by atoms with Crippen molar-refractivity contribution >= 4 is 5.91 Å². The number of benzene rings is 1. The second-order valence-electron chi connectivity index (χ2n) is 6.95. The van der Waals surface area contributed by atoms with Gasteiger partial charge in [-0.1, -0.05) is 51.1 Å². The number of rotatable bonds is 6. The van der Waals surface area contributed by atoms with Crippen molar-refractivity contribution in [2.24, 2.45) is 23.5 Å². The van der Waals surface area contributed by atoms with E-state index in [0.29, 0.717) is 18.4 Å². The fourth-order valence-corrected chi connectivity index (χ4v) is 3.34. The quantitative estimate of drug-likeness (QED) is 0.847. The minimum absolute atomic E-state index is 0.0226. The van der Waals surface area contributed by atoms with Gasteiger partial charge in [0.2, 0.25) is 5.91 Å². The standard InChI is InChI=1S/C19H30N2O2/c1-13(2)18-16(10-7-11-23-18)12-21-19(22)14(3)17(20)15-8-5-4-6-9-15/h4-6,8-9,13-14,16-18H,7,10-12,20H2,1-3H3,(H,21,22). The minimum Gasteiger partial charge on any atom is -0.378 e. The van der Waals surface area contributed by atoms with Crippen LogP contribution in [0.15, 0.2) is 30.3 Å². The molecule has 1 aromatic rings. The summed E-state index contributed by atoms with van der Waals surface area (Å²) in [5, 5.41) is 3.09. The average Bonchev–Trinajstić information content (AvgIpc) is 2.59. The van der Waals surface area contributed by atoms with Gasteiger partial charge >= 0.3 is 0 Å². The van der Waals surface area contributed by atoms with Gasteiger partial charge in [0.15, 0.2) is 0 Å². The second kappa shape index (κ2) is 8.46. The molecule has 4 unspecified atom stereocenters. The molecule has 0 aliphatic carbocycles. The van der Waals surface area contributed by atoms with Crippen LogP contribution in [0.1, 0.15) is 45.2 Å². The van der Waals surface area contributed by atoms with Crippen molar-refractivity contribution < 1.29 is 9.53 Å². The Balaban J connectivity index is 1.88. The van der Waals surface area contributed by atoms with Crippen LogP contribution in [0.4, 0.5) is 0 Å². The molecule has 23 heavy (non-hydrogen) atoms. The summed E-state index contributed by atoms with van der Waals surface area (Å²) in [6.45, 7) is 7.76. The molecular weight excluding hydrogens is 288 g/mol. The van der Waals surface area contributed by atoms with Crippen LogP contribution >= 0.6 is 0 Å². The zero-order valence-electron chi connectivity index (χ0n) is 14.5. The molecule has 0 aromatic heterocycles. The Labute approximate surface area is 139 Å². The third-order valence-electron chi connectivity index (χ3n) is 4.83. The summed E-state index contributed by atoms with van der Waals surface area (Å²) in [4.78, 5) is 12.4. The van der Waals surface area contributed by atoms with Gasteiger partial charge < -0.3 is 15.8 Å². The van der Waals surface area contributed by atoms with E-state index in [1.165, 1.54) is 0 Å². The first kappa shape index (κ1) is 18.0. The van der Waals surface area contributed by atoms with Gasteiger partial charge in [0.1, 0.15) is 0 Å². The predicted octanol–water partition coefficient (Wildman–Crippen LogP) is 2.89. The molecule has 4 heteroatoms. The van der Waals surface area contributed by atoms with Crippen LogP contribution in [0, 0.1) is 17.8 Å². The van der Waals surface area contributed by atoms with Crippen molar-refractivity contribution in [2.45, 2.75) is 45.8 Å². The fraction of sp³-hybridized carbons (Fsp3) is 0.632. The zero-order valence-corrected chi connectivity index (χ0v) is 14.5. The van der Waals surface area contributed by atoms with Gasteiger partial charge in [-0.25, -0.2) is 0 Å². The van der Waals surface area contributed by atoms with E-state index >= 15 is 0 Å². The van der Waals surface area contributed by atoms with Crippen LogP contribution in [-0.4, -0.2) is 25.2 Å². The summed E-state index contributed by atoms with van der Waals surface area (Å²) in [5.41, 5.74) is 7.23. The summed E-state index contributed by atoms with van der Waals surface area (Å²) in [5.74, 6) is 0.642. The van der Waals surface area contributed by atoms with E-state index in [-0.39, 0.29) is 24.0 Å². The van der Waals surface area contributed by atoms with E-state index in [9.17, 15) is 4.79 Å². The summed E-state index contributed by atoms with van der Waals surface area (Å²) < 4.78 is 5.89. The molecule has 2 rings (SSSR count). The monoisotopic (exact) mass is 318 g/mol. The maximum absolute atomic E-state index is 12.4. The zero-order chi connectivity index (χ0) is 16.8. The number of hydrogen-bond donors (Lipinski definition) is 2. The van der Waals surface area contributed by atoms with Crippen molar-refractivity contribution in [1.29, 1.82) is 0 Å². The van der Waals surface area contributed by atoms with Crippen molar-refractivity contribution in [3.8, 4) is 0 Å². The van der Waals surface area contributed by atoms with Crippen LogP contribution in [0.2, 0.25) is 0 Å². The number of hydrogen-bond acceptors (Lipinski definition) is 3. The SMILES string of the molecule is CC(C)C1OCCCC1CNC(=O)C(C)C(N)c1ccccc1. The first-order valence-corrected chi connectivity index (χ1v) is 8.70. The third-order valence-corrected chi connectivity index (χ3v) is 4.83. The molecule has 0 saturated carbocycles. The number of nitrogens with two attached hydrogens (primary N) is 1. The normalized spacial score (nSPS) is 24.2. The van der Waals surface area contributed by atoms with Gasteiger partial charge in [-0.05, 0) is 24.3 Å². The van der Waals surface area contributed by atoms with Crippen LogP contribution in [0.5, 0.6) is 0 Å². The molecule has 1 aliphatic rings. The molecule has 1 fully saturated rings. The Kier molecular flexibility index (Phi) is 6.60. The molecule has 4 atom stereocenters. The second-order valence-corrected chi connectivity index (χ2v) is 6.95. The van der Waals surface area contributed by atoms with E-state index in [2.05, 4.69) is 19.2 Å². The topological polar surface area (TPSA) is 64.3 Å². The lowest BCUT2D eigenvalue weighted by Crippen LogP contribution is -2.43. The molecule has 3 N–H and O–H groups in total. The van der Waals surface area contributed by atoms with Crippen LogP contribution in [0.25, 0.3) is 0 Å². The van der Waals surface area contributed by atoms with Gasteiger partial charge in [-0.15, -0.1) is 0 Å². The fourth-order valence-electron chi connectivity index (χ4n) is 3.34. The first-order valence-electron chi connectivity index (χ1n) is 8.70. The molecule has 128 valence electrons. The lowest BCUT2D eigenvalue weighted by Gasteiger charge is -2.35. The first-order chi connectivity index (χ1) is 11.0. The highest BCUT2D eigenvalue weighted by Gasteiger charge is 2.30. The average molecular weight is 318 g/mol. The molecular formula is C19H30N2O2. The number of ether oxygens (including phenoxy) is 1. The Morgan fingerprint density at radius 2 is 2.00 bits per heavy atom. The van der Waals surface area contributed by atoms with Crippen LogP contribution in [0.3, 0.4) is 0 Å². The van der Waals surface area contributed by atoms with Crippen molar-refractivity contribution in [2.75, 3.05) is 13.2 Å². The van der Waals surface area contributed by atoms with E-state index in [1.54, 1.807) is 0 Å². The van der Waals surface area contributed by atoms with Crippen molar-refractivity contribution in [1.82, 2.24) is 5.32 Å². The summed E-state index contributed by atoms with van der Waals surface area (Å²) in [6, 6.07) is 9.52. The van der Waals surface area contributed by atoms with Crippen molar-refractivity contribution in [3.63, 3.8) is 0 Å². The highest BCUT2D eigenvalue weighted by Crippen LogP contribution is 2.26. The van der Waals surface area contributed by atoms with Crippen LogP contribution < -0.4 is 11.1 Å².